The molecule has 0 radical (unpaired) electrons. The number of fused-ring (bicyclic) bond motifs is 1. The third-order valence-electron chi connectivity index (χ3n) is 5.48. The minimum atomic E-state index is -0.754. The van der Waals surface area contributed by atoms with E-state index < -0.39 is 12.0 Å². The Bertz CT molecular complexity index is 1480. The summed E-state index contributed by atoms with van der Waals surface area (Å²) in [5, 5.41) is 1.99. The number of carbonyl (C=O) groups is 1. The number of halogens is 1. The minimum Gasteiger partial charge on any atom is -0.493 e. The molecule has 0 spiro atoms. The van der Waals surface area contributed by atoms with E-state index in [2.05, 4.69) is 20.9 Å². The number of hydrogen-bond acceptors (Lipinski definition) is 8. The number of hydrogen-bond donors (Lipinski definition) is 0. The van der Waals surface area contributed by atoms with Gasteiger partial charge in [-0.25, -0.2) is 9.79 Å². The number of ether oxygens (including phenoxy) is 3. The molecule has 0 aliphatic carbocycles. The maximum absolute atomic E-state index is 13.7. The molecule has 1 atom stereocenters. The highest BCUT2D eigenvalue weighted by atomic mass is 79.9. The Morgan fingerprint density at radius 3 is 2.56 bits per heavy atom. The van der Waals surface area contributed by atoms with Crippen LogP contribution in [0.2, 0.25) is 0 Å². The molecule has 0 N–H and O–H groups in total. The summed E-state index contributed by atoms with van der Waals surface area (Å²) < 4.78 is 19.1. The molecular weight excluding hydrogens is 540 g/mol. The molecule has 34 heavy (non-hydrogen) atoms. The fraction of sp³-hybridized carbons (Fsp3) is 0.292. The number of rotatable bonds is 6. The number of aryl methyl sites for hydroxylation is 1. The summed E-state index contributed by atoms with van der Waals surface area (Å²) in [5.74, 6) is 0.491. The predicted molar refractivity (Wildman–Crippen MR) is 137 cm³/mol. The molecule has 0 unspecified atom stereocenters. The third-order valence-corrected chi connectivity index (χ3v) is 8.11. The Morgan fingerprint density at radius 2 is 1.94 bits per heavy atom. The van der Waals surface area contributed by atoms with Crippen molar-refractivity contribution in [3.05, 3.63) is 75.0 Å². The number of allylic oxidation sites excluding steroid dienone is 1. The molecule has 0 bridgehead atoms. The molecule has 3 aromatic rings. The fourth-order valence-corrected chi connectivity index (χ4v) is 6.32. The molecular formula is C24H23BrN2O5S2. The van der Waals surface area contributed by atoms with Gasteiger partial charge < -0.3 is 14.2 Å². The SMILES string of the molecule is CCOC(=O)C1=C(C)N=c2s/c(=C\c3sccc3C)c(=O)n2[C@@H]1c1cc(OC)c(OC)cc1Br. The first-order valence-corrected chi connectivity index (χ1v) is 12.9. The summed E-state index contributed by atoms with van der Waals surface area (Å²) >= 11 is 6.47. The Morgan fingerprint density at radius 1 is 1.24 bits per heavy atom. The summed E-state index contributed by atoms with van der Waals surface area (Å²) in [6.07, 6.45) is 1.88. The van der Waals surface area contributed by atoms with Crippen molar-refractivity contribution < 1.29 is 19.0 Å². The van der Waals surface area contributed by atoms with Gasteiger partial charge in [-0.3, -0.25) is 9.36 Å². The number of esters is 1. The van der Waals surface area contributed by atoms with Crippen LogP contribution in [0.1, 0.15) is 35.9 Å². The van der Waals surface area contributed by atoms with Crippen LogP contribution in [0.3, 0.4) is 0 Å². The zero-order valence-electron chi connectivity index (χ0n) is 19.3. The lowest BCUT2D eigenvalue weighted by Gasteiger charge is -2.26. The molecule has 4 rings (SSSR count). The van der Waals surface area contributed by atoms with E-state index in [4.69, 9.17) is 14.2 Å². The molecule has 1 aliphatic heterocycles. The van der Waals surface area contributed by atoms with E-state index in [1.165, 1.54) is 18.4 Å². The summed E-state index contributed by atoms with van der Waals surface area (Å²) in [4.78, 5) is 32.9. The largest absolute Gasteiger partial charge is 0.493 e. The topological polar surface area (TPSA) is 79.1 Å². The molecule has 0 amide bonds. The molecule has 7 nitrogen and oxygen atoms in total. The molecule has 2 aromatic heterocycles. The Hall–Kier alpha value is -2.69. The van der Waals surface area contributed by atoms with E-state index in [1.54, 1.807) is 49.0 Å². The zero-order valence-corrected chi connectivity index (χ0v) is 22.5. The summed E-state index contributed by atoms with van der Waals surface area (Å²) in [5.41, 5.74) is 2.34. The van der Waals surface area contributed by atoms with Crippen LogP contribution in [-0.2, 0) is 9.53 Å². The average molecular weight is 563 g/mol. The first-order chi connectivity index (χ1) is 16.3. The van der Waals surface area contributed by atoms with Gasteiger partial charge in [0.05, 0.1) is 42.7 Å². The second-order valence-electron chi connectivity index (χ2n) is 7.50. The van der Waals surface area contributed by atoms with Crippen LogP contribution in [0.15, 0.2) is 49.1 Å². The highest BCUT2D eigenvalue weighted by molar-refractivity contribution is 9.10. The lowest BCUT2D eigenvalue weighted by molar-refractivity contribution is -0.139. The summed E-state index contributed by atoms with van der Waals surface area (Å²) in [6.45, 7) is 5.71. The van der Waals surface area contributed by atoms with Gasteiger partial charge in [0.2, 0.25) is 0 Å². The number of methoxy groups -OCH3 is 2. The predicted octanol–water partition coefficient (Wildman–Crippen LogP) is 3.95. The van der Waals surface area contributed by atoms with Crippen LogP contribution in [0.4, 0.5) is 0 Å². The van der Waals surface area contributed by atoms with E-state index in [0.29, 0.717) is 42.1 Å². The van der Waals surface area contributed by atoms with E-state index in [-0.39, 0.29) is 12.2 Å². The van der Waals surface area contributed by atoms with Gasteiger partial charge in [-0.1, -0.05) is 27.3 Å². The monoisotopic (exact) mass is 562 g/mol. The number of carbonyl (C=O) groups excluding carboxylic acids is 1. The van der Waals surface area contributed by atoms with Gasteiger partial charge in [0.15, 0.2) is 16.3 Å². The van der Waals surface area contributed by atoms with Crippen molar-refractivity contribution in [3.63, 3.8) is 0 Å². The number of nitrogens with zero attached hydrogens (tertiary/aromatic N) is 2. The van der Waals surface area contributed by atoms with Gasteiger partial charge in [-0.05, 0) is 61.6 Å². The van der Waals surface area contributed by atoms with Crippen LogP contribution in [-0.4, -0.2) is 31.4 Å². The second-order valence-corrected chi connectivity index (χ2v) is 10.3. The summed E-state index contributed by atoms with van der Waals surface area (Å²) in [7, 11) is 3.09. The minimum absolute atomic E-state index is 0.206. The first-order valence-electron chi connectivity index (χ1n) is 10.5. The van der Waals surface area contributed by atoms with E-state index in [1.807, 2.05) is 24.4 Å². The third kappa shape index (κ3) is 4.25. The average Bonchev–Trinajstić information content (AvgIpc) is 3.35. The van der Waals surface area contributed by atoms with Crippen molar-refractivity contribution in [2.75, 3.05) is 20.8 Å². The van der Waals surface area contributed by atoms with Crippen molar-refractivity contribution in [1.29, 1.82) is 0 Å². The van der Waals surface area contributed by atoms with Gasteiger partial charge in [0.1, 0.15) is 0 Å². The van der Waals surface area contributed by atoms with Crippen LogP contribution in [0, 0.1) is 6.92 Å². The van der Waals surface area contributed by atoms with Crippen molar-refractivity contribution in [1.82, 2.24) is 4.57 Å². The molecule has 178 valence electrons. The highest BCUT2D eigenvalue weighted by Crippen LogP contribution is 2.40. The zero-order chi connectivity index (χ0) is 24.6. The molecule has 0 saturated heterocycles. The maximum atomic E-state index is 13.7. The summed E-state index contributed by atoms with van der Waals surface area (Å²) in [6, 6.07) is 4.79. The van der Waals surface area contributed by atoms with Crippen molar-refractivity contribution in [2.24, 2.45) is 4.99 Å². The van der Waals surface area contributed by atoms with Crippen LogP contribution >= 0.6 is 38.6 Å². The number of thiophene rings is 1. The first kappa shape index (κ1) is 24.4. The Balaban J connectivity index is 2.03. The van der Waals surface area contributed by atoms with Gasteiger partial charge in [0.25, 0.3) is 5.56 Å². The normalized spacial score (nSPS) is 15.7. The second kappa shape index (κ2) is 9.89. The molecule has 1 aromatic carbocycles. The highest BCUT2D eigenvalue weighted by Gasteiger charge is 2.35. The van der Waals surface area contributed by atoms with E-state index in [0.717, 1.165) is 10.4 Å². The maximum Gasteiger partial charge on any atom is 0.338 e. The Labute approximate surface area is 212 Å². The van der Waals surface area contributed by atoms with Crippen molar-refractivity contribution in [3.8, 4) is 11.5 Å². The standard InChI is InChI=1S/C24H23BrN2O5S2/c1-6-32-23(29)20-13(3)26-24-27(22(28)19(34-24)11-18-12(2)7-8-33-18)21(20)14-9-16(30-4)17(31-5)10-15(14)25/h7-11,21H,6H2,1-5H3/b19-11-/t21-/m1/s1. The van der Waals surface area contributed by atoms with Gasteiger partial charge >= 0.3 is 5.97 Å². The van der Waals surface area contributed by atoms with Crippen LogP contribution in [0.25, 0.3) is 6.08 Å². The van der Waals surface area contributed by atoms with Crippen molar-refractivity contribution >= 4 is 50.6 Å². The number of aromatic nitrogens is 1. The van der Waals surface area contributed by atoms with Gasteiger partial charge in [-0.15, -0.1) is 11.3 Å². The lowest BCUT2D eigenvalue weighted by atomic mass is 9.95. The smallest absolute Gasteiger partial charge is 0.338 e. The molecule has 3 heterocycles. The van der Waals surface area contributed by atoms with E-state index in [9.17, 15) is 9.59 Å². The fourth-order valence-electron chi connectivity index (χ4n) is 3.82. The van der Waals surface area contributed by atoms with Crippen molar-refractivity contribution in [2.45, 2.75) is 26.8 Å². The lowest BCUT2D eigenvalue weighted by Crippen LogP contribution is -2.40. The number of thiazole rings is 1. The molecule has 10 heteroatoms. The quantitative estimate of drug-likeness (QED) is 0.425. The van der Waals surface area contributed by atoms with Gasteiger partial charge in [-0.2, -0.15) is 0 Å². The van der Waals surface area contributed by atoms with Crippen LogP contribution in [0.5, 0.6) is 11.5 Å². The molecule has 0 fully saturated rings. The Kier molecular flexibility index (Phi) is 7.11. The molecule has 1 aliphatic rings. The van der Waals surface area contributed by atoms with Crippen LogP contribution < -0.4 is 24.4 Å². The number of benzene rings is 1. The molecule has 0 saturated carbocycles. The van der Waals surface area contributed by atoms with Gasteiger partial charge in [0, 0.05) is 9.35 Å². The van der Waals surface area contributed by atoms with E-state index >= 15 is 0 Å².